The van der Waals surface area contributed by atoms with Gasteiger partial charge in [-0.05, 0) is 29.5 Å². The molecule has 8 nitrogen and oxygen atoms in total. The Labute approximate surface area is 130 Å². The SMILES string of the molecule is COC(=O)C1CCC(n2nnc(Cc3cccs3)n2)C(=O)N1. The molecule has 1 saturated heterocycles. The molecule has 0 radical (unpaired) electrons. The quantitative estimate of drug-likeness (QED) is 0.814. The van der Waals surface area contributed by atoms with Gasteiger partial charge < -0.3 is 10.1 Å². The molecule has 116 valence electrons. The van der Waals surface area contributed by atoms with Crippen LogP contribution in [0.15, 0.2) is 17.5 Å². The smallest absolute Gasteiger partial charge is 0.328 e. The lowest BCUT2D eigenvalue weighted by Gasteiger charge is -2.26. The molecule has 2 aromatic rings. The van der Waals surface area contributed by atoms with Crippen molar-refractivity contribution in [1.82, 2.24) is 25.5 Å². The van der Waals surface area contributed by atoms with E-state index in [1.807, 2.05) is 17.5 Å². The van der Waals surface area contributed by atoms with Crippen molar-refractivity contribution >= 4 is 23.2 Å². The summed E-state index contributed by atoms with van der Waals surface area (Å²) in [6.45, 7) is 0. The molecular weight excluding hydrogens is 306 g/mol. The van der Waals surface area contributed by atoms with E-state index in [0.717, 1.165) is 4.88 Å². The lowest BCUT2D eigenvalue weighted by Crippen LogP contribution is -2.49. The van der Waals surface area contributed by atoms with Crippen LogP contribution in [-0.4, -0.2) is 45.2 Å². The van der Waals surface area contributed by atoms with Crippen molar-refractivity contribution in [3.63, 3.8) is 0 Å². The van der Waals surface area contributed by atoms with Gasteiger partial charge in [-0.15, -0.1) is 21.5 Å². The first-order valence-electron chi connectivity index (χ1n) is 6.86. The fourth-order valence-corrected chi connectivity index (χ4v) is 3.06. The molecule has 3 heterocycles. The minimum Gasteiger partial charge on any atom is -0.467 e. The molecule has 1 N–H and O–H groups in total. The Hall–Kier alpha value is -2.29. The van der Waals surface area contributed by atoms with Gasteiger partial charge in [-0.2, -0.15) is 4.80 Å². The predicted molar refractivity (Wildman–Crippen MR) is 77.2 cm³/mol. The molecule has 1 fully saturated rings. The van der Waals surface area contributed by atoms with Crippen LogP contribution in [0.4, 0.5) is 0 Å². The summed E-state index contributed by atoms with van der Waals surface area (Å²) in [4.78, 5) is 26.0. The van der Waals surface area contributed by atoms with Gasteiger partial charge in [-0.1, -0.05) is 6.07 Å². The van der Waals surface area contributed by atoms with E-state index in [0.29, 0.717) is 25.1 Å². The van der Waals surface area contributed by atoms with Gasteiger partial charge >= 0.3 is 5.97 Å². The molecule has 0 spiro atoms. The fraction of sp³-hybridized carbons (Fsp3) is 0.462. The summed E-state index contributed by atoms with van der Waals surface area (Å²) >= 11 is 1.62. The third kappa shape index (κ3) is 2.98. The van der Waals surface area contributed by atoms with Crippen molar-refractivity contribution in [2.45, 2.75) is 31.3 Å². The molecular formula is C13H15N5O3S. The number of carbonyl (C=O) groups excluding carboxylic acids is 2. The number of nitrogens with one attached hydrogen (secondary N) is 1. The lowest BCUT2D eigenvalue weighted by atomic mass is 10.0. The largest absolute Gasteiger partial charge is 0.467 e. The molecule has 9 heteroatoms. The van der Waals surface area contributed by atoms with Gasteiger partial charge in [0.1, 0.15) is 6.04 Å². The summed E-state index contributed by atoms with van der Waals surface area (Å²) in [5.74, 6) is -0.149. The van der Waals surface area contributed by atoms with E-state index >= 15 is 0 Å². The second kappa shape index (κ2) is 6.22. The number of esters is 1. The minimum absolute atomic E-state index is 0.290. The molecule has 2 aromatic heterocycles. The summed E-state index contributed by atoms with van der Waals surface area (Å²) in [6, 6.07) is 2.83. The van der Waals surface area contributed by atoms with Crippen LogP contribution in [0, 0.1) is 0 Å². The standard InChI is InChI=1S/C13H15N5O3S/c1-21-13(20)9-4-5-10(12(19)14-9)18-16-11(15-17-18)7-8-3-2-6-22-8/h2-3,6,9-10H,4-5,7H2,1H3,(H,14,19). The van der Waals surface area contributed by atoms with E-state index in [-0.39, 0.29) is 5.91 Å². The van der Waals surface area contributed by atoms with Gasteiger partial charge in [-0.3, -0.25) is 4.79 Å². The molecule has 3 rings (SSSR count). The Morgan fingerprint density at radius 3 is 3.09 bits per heavy atom. The van der Waals surface area contributed by atoms with Crippen LogP contribution in [-0.2, 0) is 20.7 Å². The predicted octanol–water partition coefficient (Wildman–Crippen LogP) is 0.318. The Kier molecular flexibility index (Phi) is 4.14. The van der Waals surface area contributed by atoms with E-state index in [9.17, 15) is 9.59 Å². The molecule has 0 aliphatic carbocycles. The number of carbonyl (C=O) groups is 2. The number of rotatable bonds is 4. The van der Waals surface area contributed by atoms with Crippen molar-refractivity contribution in [1.29, 1.82) is 0 Å². The monoisotopic (exact) mass is 321 g/mol. The summed E-state index contributed by atoms with van der Waals surface area (Å²) in [6.07, 6.45) is 1.56. The molecule has 2 atom stereocenters. The summed E-state index contributed by atoms with van der Waals surface area (Å²) in [5.41, 5.74) is 0. The highest BCUT2D eigenvalue weighted by atomic mass is 32.1. The highest BCUT2D eigenvalue weighted by Gasteiger charge is 2.34. The van der Waals surface area contributed by atoms with Crippen LogP contribution >= 0.6 is 11.3 Å². The normalized spacial score (nSPS) is 21.4. The number of tetrazole rings is 1. The van der Waals surface area contributed by atoms with E-state index in [4.69, 9.17) is 0 Å². The van der Waals surface area contributed by atoms with Crippen LogP contribution in [0.1, 0.15) is 29.6 Å². The van der Waals surface area contributed by atoms with Crippen molar-refractivity contribution in [2.24, 2.45) is 0 Å². The highest BCUT2D eigenvalue weighted by Crippen LogP contribution is 2.20. The van der Waals surface area contributed by atoms with Crippen LogP contribution in [0.3, 0.4) is 0 Å². The van der Waals surface area contributed by atoms with E-state index < -0.39 is 18.1 Å². The number of aromatic nitrogens is 4. The maximum absolute atomic E-state index is 12.1. The molecule has 0 aromatic carbocycles. The number of piperidine rings is 1. The van der Waals surface area contributed by atoms with Gasteiger partial charge in [0.15, 0.2) is 11.9 Å². The number of nitrogens with zero attached hydrogens (tertiary/aromatic N) is 4. The highest BCUT2D eigenvalue weighted by molar-refractivity contribution is 7.09. The van der Waals surface area contributed by atoms with Crippen molar-refractivity contribution < 1.29 is 14.3 Å². The van der Waals surface area contributed by atoms with E-state index in [1.54, 1.807) is 11.3 Å². The fourth-order valence-electron chi connectivity index (χ4n) is 2.36. The van der Waals surface area contributed by atoms with Crippen molar-refractivity contribution in [3.8, 4) is 0 Å². The van der Waals surface area contributed by atoms with Gasteiger partial charge in [0, 0.05) is 11.3 Å². The van der Waals surface area contributed by atoms with Crippen molar-refractivity contribution in [3.05, 3.63) is 28.2 Å². The van der Waals surface area contributed by atoms with Crippen LogP contribution in [0.25, 0.3) is 0 Å². The Morgan fingerprint density at radius 1 is 1.55 bits per heavy atom. The summed E-state index contributed by atoms with van der Waals surface area (Å²) < 4.78 is 4.64. The third-order valence-electron chi connectivity index (χ3n) is 3.49. The topological polar surface area (TPSA) is 99.0 Å². The molecule has 0 saturated carbocycles. The first-order chi connectivity index (χ1) is 10.7. The number of amides is 1. The zero-order valence-corrected chi connectivity index (χ0v) is 12.7. The van der Waals surface area contributed by atoms with Crippen LogP contribution < -0.4 is 5.32 Å². The average molecular weight is 321 g/mol. The summed E-state index contributed by atoms with van der Waals surface area (Å²) in [5, 5.41) is 16.8. The molecule has 1 aliphatic rings. The average Bonchev–Trinajstić information content (AvgIpc) is 3.19. The zero-order chi connectivity index (χ0) is 15.5. The maximum Gasteiger partial charge on any atom is 0.328 e. The number of methoxy groups -OCH3 is 1. The second-order valence-corrected chi connectivity index (χ2v) is 5.99. The van der Waals surface area contributed by atoms with Gasteiger partial charge in [0.2, 0.25) is 5.91 Å². The number of hydrogen-bond acceptors (Lipinski definition) is 7. The van der Waals surface area contributed by atoms with Gasteiger partial charge in [0.25, 0.3) is 0 Å². The molecule has 22 heavy (non-hydrogen) atoms. The van der Waals surface area contributed by atoms with Crippen LogP contribution in [0.5, 0.6) is 0 Å². The zero-order valence-electron chi connectivity index (χ0n) is 11.9. The van der Waals surface area contributed by atoms with Crippen LogP contribution in [0.2, 0.25) is 0 Å². The Balaban J connectivity index is 1.66. The third-order valence-corrected chi connectivity index (χ3v) is 4.37. The molecule has 2 unspecified atom stereocenters. The first-order valence-corrected chi connectivity index (χ1v) is 7.74. The summed E-state index contributed by atoms with van der Waals surface area (Å²) in [7, 11) is 1.30. The molecule has 1 aliphatic heterocycles. The van der Waals surface area contributed by atoms with E-state index in [2.05, 4.69) is 25.5 Å². The second-order valence-electron chi connectivity index (χ2n) is 4.96. The number of thiophene rings is 1. The van der Waals surface area contributed by atoms with Crippen molar-refractivity contribution in [2.75, 3.05) is 7.11 Å². The molecule has 1 amide bonds. The number of hydrogen-bond donors (Lipinski definition) is 1. The molecule has 0 bridgehead atoms. The Bertz CT molecular complexity index is 669. The Morgan fingerprint density at radius 2 is 2.41 bits per heavy atom. The first kappa shape index (κ1) is 14.6. The van der Waals surface area contributed by atoms with E-state index in [1.165, 1.54) is 11.9 Å². The number of ether oxygens (including phenoxy) is 1. The van der Waals surface area contributed by atoms with Gasteiger partial charge in [-0.25, -0.2) is 4.79 Å². The minimum atomic E-state index is -0.595. The van der Waals surface area contributed by atoms with Gasteiger partial charge in [0.05, 0.1) is 7.11 Å². The maximum atomic E-state index is 12.1. The lowest BCUT2D eigenvalue weighted by molar-refractivity contribution is -0.147.